The first-order chi connectivity index (χ1) is 19.9. The maximum atomic E-state index is 13.5. The van der Waals surface area contributed by atoms with Gasteiger partial charge in [-0.2, -0.15) is 0 Å². The van der Waals surface area contributed by atoms with Gasteiger partial charge < -0.3 is 33.9 Å². The van der Waals surface area contributed by atoms with Crippen LogP contribution in [0.2, 0.25) is 0 Å². The second-order valence-electron chi connectivity index (χ2n) is 10.0. The van der Waals surface area contributed by atoms with Crippen LogP contribution in [0.25, 0.3) is 0 Å². The highest BCUT2D eigenvalue weighted by molar-refractivity contribution is 6.03. The van der Waals surface area contributed by atoms with Crippen LogP contribution in [0.1, 0.15) is 63.6 Å². The minimum atomic E-state index is -0.562. The van der Waals surface area contributed by atoms with Crippen LogP contribution in [-0.4, -0.2) is 37.3 Å². The first-order valence-corrected chi connectivity index (χ1v) is 13.3. The normalized spacial score (nSPS) is 19.3. The van der Waals surface area contributed by atoms with Gasteiger partial charge in [-0.3, -0.25) is 4.79 Å². The van der Waals surface area contributed by atoms with Gasteiger partial charge in [-0.15, -0.1) is 0 Å². The molecule has 0 bridgehead atoms. The van der Waals surface area contributed by atoms with E-state index in [1.165, 1.54) is 27.4 Å². The summed E-state index contributed by atoms with van der Waals surface area (Å²) in [6.07, 6.45) is -0.488. The van der Waals surface area contributed by atoms with E-state index in [2.05, 4.69) is 0 Å². The summed E-state index contributed by atoms with van der Waals surface area (Å²) < 4.78 is 29.8. The van der Waals surface area contributed by atoms with Crippen molar-refractivity contribution < 1.29 is 38.7 Å². The predicted octanol–water partition coefficient (Wildman–Crippen LogP) is 6.49. The number of hydrogen-bond acceptors (Lipinski definition) is 8. The number of aromatic hydroxyl groups is 2. The largest absolute Gasteiger partial charge is 0.507 e. The molecule has 2 N–H and O–H groups in total. The lowest BCUT2D eigenvalue weighted by Crippen LogP contribution is -2.24. The second-order valence-corrected chi connectivity index (χ2v) is 10.0. The van der Waals surface area contributed by atoms with Crippen LogP contribution >= 0.6 is 0 Å². The summed E-state index contributed by atoms with van der Waals surface area (Å²) >= 11 is 0. The van der Waals surface area contributed by atoms with Crippen molar-refractivity contribution in [3.05, 3.63) is 101 Å². The molecule has 8 heteroatoms. The first kappa shape index (κ1) is 26.4. The van der Waals surface area contributed by atoms with E-state index in [0.717, 1.165) is 11.1 Å². The van der Waals surface area contributed by atoms with Gasteiger partial charge in [0.2, 0.25) is 5.75 Å². The summed E-state index contributed by atoms with van der Waals surface area (Å²) in [4.78, 5) is 13.5. The molecule has 4 aromatic rings. The Morgan fingerprint density at radius 3 is 1.98 bits per heavy atom. The van der Waals surface area contributed by atoms with Gasteiger partial charge in [-0.05, 0) is 11.1 Å². The van der Waals surface area contributed by atoms with Crippen LogP contribution in [0.5, 0.6) is 40.2 Å². The lowest BCUT2D eigenvalue weighted by Gasteiger charge is -2.36. The number of phenolic OH excluding ortho intramolecular Hbond substituents is 2. The minimum Gasteiger partial charge on any atom is -0.507 e. The zero-order chi connectivity index (χ0) is 28.7. The van der Waals surface area contributed by atoms with Crippen molar-refractivity contribution in [3.63, 3.8) is 0 Å². The van der Waals surface area contributed by atoms with Gasteiger partial charge in [-0.1, -0.05) is 60.7 Å². The SMILES string of the molecule is COc1cc2c(c(O)c1[C@@H]1C[C@@H](c3ccccc3)Oc3c(OC)c(O)cc(OC)c31)C(=O)CC(c1ccccc1)O2. The van der Waals surface area contributed by atoms with Gasteiger partial charge in [0, 0.05) is 35.6 Å². The smallest absolute Gasteiger partial charge is 0.203 e. The van der Waals surface area contributed by atoms with Crippen molar-refractivity contribution in [2.45, 2.75) is 31.0 Å². The summed E-state index contributed by atoms with van der Waals surface area (Å²) in [5.41, 5.74) is 2.85. The Kier molecular flexibility index (Phi) is 6.83. The fourth-order valence-corrected chi connectivity index (χ4v) is 5.91. The third-order valence-corrected chi connectivity index (χ3v) is 7.80. The van der Waals surface area contributed by atoms with Crippen LogP contribution in [0, 0.1) is 0 Å². The van der Waals surface area contributed by atoms with Gasteiger partial charge in [0.15, 0.2) is 17.3 Å². The Morgan fingerprint density at radius 2 is 1.37 bits per heavy atom. The fraction of sp³-hybridized carbons (Fsp3) is 0.242. The van der Waals surface area contributed by atoms with E-state index in [4.69, 9.17) is 23.7 Å². The molecule has 0 amide bonds. The summed E-state index contributed by atoms with van der Waals surface area (Å²) in [7, 11) is 4.45. The van der Waals surface area contributed by atoms with Crippen LogP contribution in [0.4, 0.5) is 0 Å². The molecular formula is C33H30O8. The Bertz CT molecular complexity index is 1600. The van der Waals surface area contributed by atoms with Crippen molar-refractivity contribution in [1.29, 1.82) is 0 Å². The molecule has 0 radical (unpaired) electrons. The molecule has 0 fully saturated rings. The standard InChI is InChI=1S/C33H30O8/c1-37-25-16-22(35)32(39-3)33-29(25)20(14-23(41-33)18-10-6-4-7-11-18)28-26(38-2)17-27-30(31(28)36)21(34)15-24(40-27)19-12-8-5-9-13-19/h4-13,16-17,20,23-24,35-36H,14-15H2,1-3H3/t20-,23-,24?/m0/s1. The molecule has 4 aromatic carbocycles. The van der Waals surface area contributed by atoms with Gasteiger partial charge in [0.05, 0.1) is 27.8 Å². The lowest BCUT2D eigenvalue weighted by atomic mass is 9.79. The highest BCUT2D eigenvalue weighted by atomic mass is 16.5. The van der Waals surface area contributed by atoms with Gasteiger partial charge in [0.25, 0.3) is 0 Å². The maximum absolute atomic E-state index is 13.5. The Hall–Kier alpha value is -4.85. The van der Waals surface area contributed by atoms with Crippen LogP contribution < -0.4 is 23.7 Å². The molecule has 0 spiro atoms. The van der Waals surface area contributed by atoms with Crippen LogP contribution in [0.15, 0.2) is 72.8 Å². The van der Waals surface area contributed by atoms with E-state index >= 15 is 0 Å². The second kappa shape index (κ2) is 10.6. The summed E-state index contributed by atoms with van der Waals surface area (Å²) in [6.45, 7) is 0. The van der Waals surface area contributed by atoms with Crippen LogP contribution in [-0.2, 0) is 0 Å². The number of methoxy groups -OCH3 is 3. The number of Topliss-reactive ketones (excluding diaryl/α,β-unsaturated/α-hetero) is 1. The molecule has 6 rings (SSSR count). The van der Waals surface area contributed by atoms with Crippen molar-refractivity contribution in [2.75, 3.05) is 21.3 Å². The average Bonchev–Trinajstić information content (AvgIpc) is 3.00. The van der Waals surface area contributed by atoms with Gasteiger partial charge in [0.1, 0.15) is 40.8 Å². The van der Waals surface area contributed by atoms with Crippen molar-refractivity contribution in [1.82, 2.24) is 0 Å². The first-order valence-electron chi connectivity index (χ1n) is 13.3. The number of fused-ring (bicyclic) bond motifs is 2. The minimum absolute atomic E-state index is 0.0817. The zero-order valence-corrected chi connectivity index (χ0v) is 22.9. The highest BCUT2D eigenvalue weighted by Crippen LogP contribution is 2.59. The number of ether oxygens (including phenoxy) is 5. The van der Waals surface area contributed by atoms with E-state index in [-0.39, 0.29) is 40.8 Å². The molecule has 3 atom stereocenters. The molecule has 8 nitrogen and oxygen atoms in total. The number of phenols is 2. The molecule has 210 valence electrons. The van der Waals surface area contributed by atoms with Gasteiger partial charge >= 0.3 is 0 Å². The molecule has 2 aliphatic heterocycles. The number of carbonyl (C=O) groups excluding carboxylic acids is 1. The lowest BCUT2D eigenvalue weighted by molar-refractivity contribution is 0.0844. The van der Waals surface area contributed by atoms with Crippen molar-refractivity contribution >= 4 is 5.78 Å². The van der Waals surface area contributed by atoms with E-state index in [9.17, 15) is 15.0 Å². The third-order valence-electron chi connectivity index (χ3n) is 7.80. The molecule has 0 aliphatic carbocycles. The Labute approximate surface area is 237 Å². The monoisotopic (exact) mass is 554 g/mol. The quantitative estimate of drug-likeness (QED) is 0.279. The maximum Gasteiger partial charge on any atom is 0.203 e. The molecule has 41 heavy (non-hydrogen) atoms. The highest BCUT2D eigenvalue weighted by Gasteiger charge is 2.42. The van der Waals surface area contributed by atoms with E-state index in [0.29, 0.717) is 34.8 Å². The zero-order valence-electron chi connectivity index (χ0n) is 22.9. The average molecular weight is 555 g/mol. The number of hydrogen-bond donors (Lipinski definition) is 2. The molecule has 0 aromatic heterocycles. The Balaban J connectivity index is 1.55. The molecular weight excluding hydrogens is 524 g/mol. The summed E-state index contributed by atoms with van der Waals surface area (Å²) in [5.74, 6) is 0.241. The van der Waals surface area contributed by atoms with Crippen molar-refractivity contribution in [3.8, 4) is 40.2 Å². The van der Waals surface area contributed by atoms with E-state index < -0.39 is 18.1 Å². The van der Waals surface area contributed by atoms with E-state index in [1.807, 2.05) is 60.7 Å². The molecule has 0 saturated heterocycles. The Morgan fingerprint density at radius 1 is 0.756 bits per heavy atom. The number of carbonyl (C=O) groups is 1. The molecule has 0 saturated carbocycles. The molecule has 2 aliphatic rings. The molecule has 1 unspecified atom stereocenters. The number of benzene rings is 4. The van der Waals surface area contributed by atoms with Crippen molar-refractivity contribution in [2.24, 2.45) is 0 Å². The molecule has 2 heterocycles. The third kappa shape index (κ3) is 4.45. The fourth-order valence-electron chi connectivity index (χ4n) is 5.91. The topological polar surface area (TPSA) is 104 Å². The van der Waals surface area contributed by atoms with Gasteiger partial charge in [-0.25, -0.2) is 0 Å². The number of ketones is 1. The summed E-state index contributed by atoms with van der Waals surface area (Å²) in [6, 6.07) is 22.3. The predicted molar refractivity (Wildman–Crippen MR) is 151 cm³/mol. The number of rotatable bonds is 6. The van der Waals surface area contributed by atoms with Crippen LogP contribution in [0.3, 0.4) is 0 Å². The summed E-state index contributed by atoms with van der Waals surface area (Å²) in [5, 5.41) is 22.5. The van der Waals surface area contributed by atoms with E-state index in [1.54, 1.807) is 6.07 Å².